The predicted molar refractivity (Wildman–Crippen MR) is 105 cm³/mol. The Bertz CT molecular complexity index is 957. The molecule has 30 heavy (non-hydrogen) atoms. The molecular weight excluding hydrogens is 392 g/mol. The average Bonchev–Trinajstić information content (AvgIpc) is 3.23. The molecule has 2 aliphatic heterocycles. The van der Waals surface area contributed by atoms with E-state index in [4.69, 9.17) is 9.90 Å². The van der Waals surface area contributed by atoms with Gasteiger partial charge in [0.2, 0.25) is 11.8 Å². The average molecular weight is 416 g/mol. The van der Waals surface area contributed by atoms with Crippen LogP contribution in [0.25, 0.3) is 0 Å². The fourth-order valence-corrected chi connectivity index (χ4v) is 4.28. The van der Waals surface area contributed by atoms with Crippen molar-refractivity contribution in [1.82, 2.24) is 29.5 Å². The second-order valence-electron chi connectivity index (χ2n) is 7.32. The number of carbonyl (C=O) groups is 3. The summed E-state index contributed by atoms with van der Waals surface area (Å²) in [6, 6.07) is 4.50. The number of amides is 2. The maximum absolute atomic E-state index is 13.0. The van der Waals surface area contributed by atoms with Crippen LogP contribution >= 0.6 is 0 Å². The molecule has 0 saturated carbocycles. The zero-order valence-electron chi connectivity index (χ0n) is 16.5. The van der Waals surface area contributed by atoms with E-state index in [2.05, 4.69) is 15.5 Å². The predicted octanol–water partition coefficient (Wildman–Crippen LogP) is -0.536. The number of pyridine rings is 1. The van der Waals surface area contributed by atoms with Gasteiger partial charge < -0.3 is 19.9 Å². The largest absolute Gasteiger partial charge is 0.483 e. The highest BCUT2D eigenvalue weighted by Gasteiger charge is 2.44. The third-order valence-electron chi connectivity index (χ3n) is 5.50. The monoisotopic (exact) mass is 416 g/mol. The van der Waals surface area contributed by atoms with Gasteiger partial charge in [0.15, 0.2) is 0 Å². The van der Waals surface area contributed by atoms with Crippen LogP contribution in [0.3, 0.4) is 0 Å². The van der Waals surface area contributed by atoms with Gasteiger partial charge in [-0.15, -0.1) is 10.2 Å². The molecule has 0 aliphatic carbocycles. The van der Waals surface area contributed by atoms with Crippen molar-refractivity contribution in [1.29, 1.82) is 0 Å². The van der Waals surface area contributed by atoms with Crippen molar-refractivity contribution in [3.05, 3.63) is 46.9 Å². The smallest absolute Gasteiger partial charge is 0.290 e. The molecule has 0 radical (unpaired) electrons. The Kier molecular flexibility index (Phi) is 6.60. The van der Waals surface area contributed by atoms with Gasteiger partial charge in [0, 0.05) is 56.7 Å². The van der Waals surface area contributed by atoms with Crippen molar-refractivity contribution < 1.29 is 19.5 Å². The summed E-state index contributed by atoms with van der Waals surface area (Å²) in [6.45, 7) is 3.35. The number of aromatic nitrogens is 4. The van der Waals surface area contributed by atoms with Gasteiger partial charge in [0.05, 0.1) is 0 Å². The van der Waals surface area contributed by atoms with Crippen molar-refractivity contribution in [2.75, 3.05) is 19.6 Å². The molecular formula is C19H24N6O5. The molecule has 2 aromatic rings. The summed E-state index contributed by atoms with van der Waals surface area (Å²) in [4.78, 5) is 47.7. The van der Waals surface area contributed by atoms with Crippen molar-refractivity contribution >= 4 is 18.3 Å². The van der Waals surface area contributed by atoms with Gasteiger partial charge in [-0.05, 0) is 12.5 Å². The molecule has 160 valence electrons. The minimum absolute atomic E-state index is 0.00296. The first kappa shape index (κ1) is 21.2. The minimum atomic E-state index is -0.604. The van der Waals surface area contributed by atoms with E-state index in [0.717, 1.165) is 12.1 Å². The highest BCUT2D eigenvalue weighted by Crippen LogP contribution is 2.41. The number of likely N-dealkylation sites (tertiary alicyclic amines) is 1. The molecule has 2 aromatic heterocycles. The Morgan fingerprint density at radius 2 is 1.97 bits per heavy atom. The molecule has 4 rings (SSSR count). The van der Waals surface area contributed by atoms with Crippen molar-refractivity contribution in [2.45, 2.75) is 31.8 Å². The number of hydrogen-bond donors (Lipinski definition) is 2. The van der Waals surface area contributed by atoms with Crippen LogP contribution in [0.4, 0.5) is 0 Å². The highest BCUT2D eigenvalue weighted by molar-refractivity contribution is 5.81. The topological polar surface area (TPSA) is 139 Å². The maximum Gasteiger partial charge on any atom is 0.290 e. The summed E-state index contributed by atoms with van der Waals surface area (Å²) < 4.78 is 3.40. The first-order valence-corrected chi connectivity index (χ1v) is 9.61. The lowest BCUT2D eigenvalue weighted by Gasteiger charge is -2.46. The van der Waals surface area contributed by atoms with Crippen LogP contribution in [0.1, 0.15) is 31.0 Å². The van der Waals surface area contributed by atoms with Crippen molar-refractivity contribution in [3.63, 3.8) is 0 Å². The lowest BCUT2D eigenvalue weighted by atomic mass is 9.78. The zero-order valence-corrected chi connectivity index (χ0v) is 16.5. The van der Waals surface area contributed by atoms with Crippen LogP contribution in [0, 0.1) is 5.92 Å². The van der Waals surface area contributed by atoms with Crippen LogP contribution in [0.15, 0.2) is 35.6 Å². The molecule has 11 heteroatoms. The number of rotatable bonds is 4. The van der Waals surface area contributed by atoms with Crippen molar-refractivity contribution in [3.8, 4) is 0 Å². The minimum Gasteiger partial charge on any atom is -0.483 e. The molecule has 2 amide bonds. The Balaban J connectivity index is 0.000000806. The second kappa shape index (κ2) is 9.33. The lowest BCUT2D eigenvalue weighted by Crippen LogP contribution is -2.54. The fraction of sp³-hybridized carbons (Fsp3) is 0.474. The third-order valence-corrected chi connectivity index (χ3v) is 5.50. The molecule has 1 fully saturated rings. The van der Waals surface area contributed by atoms with E-state index in [1.54, 1.807) is 39.7 Å². The molecule has 0 unspecified atom stereocenters. The van der Waals surface area contributed by atoms with Gasteiger partial charge >= 0.3 is 0 Å². The van der Waals surface area contributed by atoms with E-state index in [-0.39, 0.29) is 35.7 Å². The number of carbonyl (C=O) groups excluding carboxylic acids is 2. The molecule has 1 saturated heterocycles. The van der Waals surface area contributed by atoms with Crippen LogP contribution < -0.4 is 10.9 Å². The first-order chi connectivity index (χ1) is 14.5. The zero-order chi connectivity index (χ0) is 21.7. The Labute approximate surface area is 172 Å². The number of hydrogen-bond acceptors (Lipinski definition) is 6. The number of carboxylic acid groups (broad SMARTS) is 1. The molecule has 11 nitrogen and oxygen atoms in total. The van der Waals surface area contributed by atoms with Gasteiger partial charge in [-0.3, -0.25) is 23.7 Å². The van der Waals surface area contributed by atoms with Gasteiger partial charge in [-0.25, -0.2) is 0 Å². The first-order valence-electron chi connectivity index (χ1n) is 9.61. The van der Waals surface area contributed by atoms with Crippen LogP contribution in [-0.4, -0.2) is 67.3 Å². The van der Waals surface area contributed by atoms with Gasteiger partial charge in [0.1, 0.15) is 18.7 Å². The maximum atomic E-state index is 13.0. The van der Waals surface area contributed by atoms with Gasteiger partial charge in [-0.2, -0.15) is 0 Å². The van der Waals surface area contributed by atoms with E-state index in [1.807, 2.05) is 6.07 Å². The fourth-order valence-electron chi connectivity index (χ4n) is 4.28. The Morgan fingerprint density at radius 3 is 2.63 bits per heavy atom. The number of fused-ring (bicyclic) bond motifs is 4. The van der Waals surface area contributed by atoms with Crippen LogP contribution in [0.5, 0.6) is 0 Å². The van der Waals surface area contributed by atoms with E-state index in [0.29, 0.717) is 26.2 Å². The highest BCUT2D eigenvalue weighted by atomic mass is 16.3. The summed E-state index contributed by atoms with van der Waals surface area (Å²) in [5, 5.41) is 17.3. The molecule has 0 aromatic carbocycles. The molecule has 3 atom stereocenters. The summed E-state index contributed by atoms with van der Waals surface area (Å²) >= 11 is 0. The SMILES string of the molecule is CC(=O)N1C[C@H]2C[C@@H](C1)[C@H](C(=O)NCCn1cnnc1)n1c2cccc1=O.O=CO. The molecule has 4 heterocycles. The van der Waals surface area contributed by atoms with E-state index >= 15 is 0 Å². The van der Waals surface area contributed by atoms with Crippen LogP contribution in [-0.2, 0) is 20.9 Å². The number of piperidine rings is 1. The third kappa shape index (κ3) is 4.39. The van der Waals surface area contributed by atoms with Crippen molar-refractivity contribution in [2.24, 2.45) is 5.92 Å². The van der Waals surface area contributed by atoms with E-state index in [9.17, 15) is 14.4 Å². The Hall–Kier alpha value is -3.50. The summed E-state index contributed by atoms with van der Waals surface area (Å²) in [6.07, 6.45) is 3.98. The molecule has 2 aliphatic rings. The molecule has 2 bridgehead atoms. The number of nitrogens with zero attached hydrogens (tertiary/aromatic N) is 5. The molecule has 0 spiro atoms. The summed E-state index contributed by atoms with van der Waals surface area (Å²) in [5.41, 5.74) is 0.668. The summed E-state index contributed by atoms with van der Waals surface area (Å²) in [7, 11) is 0. The summed E-state index contributed by atoms with van der Waals surface area (Å²) in [5.74, 6) is -0.174. The lowest BCUT2D eigenvalue weighted by molar-refractivity contribution is -0.135. The molecule has 2 N–H and O–H groups in total. The normalized spacial score (nSPS) is 21.6. The van der Waals surface area contributed by atoms with E-state index in [1.165, 1.54) is 6.07 Å². The quantitative estimate of drug-likeness (QED) is 0.638. The second-order valence-corrected chi connectivity index (χ2v) is 7.32. The van der Waals surface area contributed by atoms with E-state index < -0.39 is 6.04 Å². The Morgan fingerprint density at radius 1 is 1.27 bits per heavy atom. The number of nitrogens with one attached hydrogen (secondary N) is 1. The van der Waals surface area contributed by atoms with Crippen LogP contribution in [0.2, 0.25) is 0 Å². The standard InChI is InChI=1S/C18H22N6O3.CH2O2/c1-12(25)23-8-13-7-14(9-23)17(24-15(13)3-2-4-16(24)26)18(27)19-5-6-22-10-20-21-11-22;2-1-3/h2-4,10-11,13-14,17H,5-9H2,1H3,(H,19,27);1H,(H,2,3)/t13-,14+,17-;/m1./s1. The van der Waals surface area contributed by atoms with Gasteiger partial charge in [-0.1, -0.05) is 6.07 Å². The van der Waals surface area contributed by atoms with Gasteiger partial charge in [0.25, 0.3) is 12.0 Å².